The van der Waals surface area contributed by atoms with Crippen LogP contribution in [-0.2, 0) is 12.0 Å². The van der Waals surface area contributed by atoms with Crippen LogP contribution >= 0.6 is 0 Å². The Morgan fingerprint density at radius 1 is 1.00 bits per heavy atom. The molecule has 2 heterocycles. The first-order valence-corrected chi connectivity index (χ1v) is 11.5. The first kappa shape index (κ1) is 20.0. The van der Waals surface area contributed by atoms with Crippen LogP contribution in [0.4, 0.5) is 0 Å². The molecule has 0 saturated heterocycles. The summed E-state index contributed by atoms with van der Waals surface area (Å²) in [6, 6.07) is 22.9. The molecule has 3 atom stereocenters. The average molecular weight is 440 g/mol. The molecule has 6 heteroatoms. The number of aromatic nitrogens is 3. The lowest BCUT2D eigenvalue weighted by atomic mass is 9.64. The maximum absolute atomic E-state index is 11.3. The molecule has 3 unspecified atom stereocenters. The molecule has 2 aromatic heterocycles. The summed E-state index contributed by atoms with van der Waals surface area (Å²) in [6.07, 6.45) is 6.84. The van der Waals surface area contributed by atoms with Crippen molar-refractivity contribution in [3.63, 3.8) is 0 Å². The van der Waals surface area contributed by atoms with Crippen molar-refractivity contribution in [2.45, 2.75) is 37.7 Å². The SMILES string of the molecule is O=c1[nH]c(-c2ccc(C3(c4ccc(OCc5ccccn5)cc4)CC4CCC3C4)cc2)no1. The number of ether oxygens (including phenoxy) is 1. The van der Waals surface area contributed by atoms with Gasteiger partial charge in [0.25, 0.3) is 0 Å². The minimum Gasteiger partial charge on any atom is -0.487 e. The predicted molar refractivity (Wildman–Crippen MR) is 124 cm³/mol. The number of rotatable bonds is 6. The van der Waals surface area contributed by atoms with Gasteiger partial charge in [-0.15, -0.1) is 0 Å². The molecule has 0 amide bonds. The van der Waals surface area contributed by atoms with Gasteiger partial charge in [-0.3, -0.25) is 14.5 Å². The number of hydrogen-bond acceptors (Lipinski definition) is 5. The summed E-state index contributed by atoms with van der Waals surface area (Å²) in [5.41, 5.74) is 4.45. The van der Waals surface area contributed by atoms with Gasteiger partial charge in [-0.25, -0.2) is 4.79 Å². The normalized spacial score (nSPS) is 23.6. The van der Waals surface area contributed by atoms with Crippen LogP contribution in [0.3, 0.4) is 0 Å². The number of nitrogens with zero attached hydrogens (tertiary/aromatic N) is 2. The maximum atomic E-state index is 11.3. The molecule has 0 radical (unpaired) electrons. The fourth-order valence-electron chi connectivity index (χ4n) is 5.97. The van der Waals surface area contributed by atoms with Crippen LogP contribution in [0.2, 0.25) is 0 Å². The van der Waals surface area contributed by atoms with Gasteiger partial charge in [0.15, 0.2) is 5.82 Å². The Hall–Kier alpha value is -3.67. The van der Waals surface area contributed by atoms with E-state index < -0.39 is 5.76 Å². The van der Waals surface area contributed by atoms with Crippen LogP contribution in [0.5, 0.6) is 5.75 Å². The van der Waals surface area contributed by atoms with Crippen molar-refractivity contribution in [3.05, 3.63) is 100 Å². The van der Waals surface area contributed by atoms with E-state index >= 15 is 0 Å². The average Bonchev–Trinajstić information content (AvgIpc) is 3.61. The molecule has 0 aliphatic heterocycles. The molecule has 33 heavy (non-hydrogen) atoms. The molecular weight excluding hydrogens is 414 g/mol. The van der Waals surface area contributed by atoms with E-state index in [9.17, 15) is 4.79 Å². The lowest BCUT2D eigenvalue weighted by molar-refractivity contribution is 0.299. The maximum Gasteiger partial charge on any atom is 0.439 e. The van der Waals surface area contributed by atoms with Gasteiger partial charge in [-0.2, -0.15) is 0 Å². The second kappa shape index (κ2) is 8.03. The van der Waals surface area contributed by atoms with Crippen molar-refractivity contribution < 1.29 is 9.26 Å². The summed E-state index contributed by atoms with van der Waals surface area (Å²) in [7, 11) is 0. The monoisotopic (exact) mass is 439 g/mol. The number of benzene rings is 2. The van der Waals surface area contributed by atoms with Gasteiger partial charge < -0.3 is 4.74 Å². The van der Waals surface area contributed by atoms with E-state index in [2.05, 4.69) is 56.0 Å². The molecule has 6 rings (SSSR count). The number of fused-ring (bicyclic) bond motifs is 2. The first-order valence-electron chi connectivity index (χ1n) is 11.5. The highest BCUT2D eigenvalue weighted by Gasteiger charge is 2.52. The molecule has 2 bridgehead atoms. The molecule has 4 aromatic rings. The van der Waals surface area contributed by atoms with E-state index in [-0.39, 0.29) is 5.41 Å². The molecule has 166 valence electrons. The number of pyridine rings is 1. The summed E-state index contributed by atoms with van der Waals surface area (Å²) in [5, 5.41) is 3.81. The van der Waals surface area contributed by atoms with Gasteiger partial charge in [-0.1, -0.05) is 54.0 Å². The Morgan fingerprint density at radius 3 is 2.39 bits per heavy atom. The van der Waals surface area contributed by atoms with Crippen molar-refractivity contribution in [1.29, 1.82) is 0 Å². The zero-order valence-corrected chi connectivity index (χ0v) is 18.2. The number of H-pyrrole nitrogens is 1. The Bertz CT molecular complexity index is 1290. The van der Waals surface area contributed by atoms with Crippen LogP contribution in [0.1, 0.15) is 42.5 Å². The second-order valence-electron chi connectivity index (χ2n) is 9.21. The van der Waals surface area contributed by atoms with Gasteiger partial charge in [0.1, 0.15) is 12.4 Å². The van der Waals surface area contributed by atoms with Crippen molar-refractivity contribution in [2.75, 3.05) is 0 Å². The largest absolute Gasteiger partial charge is 0.487 e. The van der Waals surface area contributed by atoms with Crippen molar-refractivity contribution >= 4 is 0 Å². The van der Waals surface area contributed by atoms with E-state index in [0.29, 0.717) is 18.3 Å². The van der Waals surface area contributed by atoms with E-state index in [4.69, 9.17) is 4.74 Å². The van der Waals surface area contributed by atoms with E-state index in [0.717, 1.165) is 22.9 Å². The summed E-state index contributed by atoms with van der Waals surface area (Å²) >= 11 is 0. The fourth-order valence-corrected chi connectivity index (χ4v) is 5.97. The first-order chi connectivity index (χ1) is 16.2. The Balaban J connectivity index is 1.29. The van der Waals surface area contributed by atoms with Gasteiger partial charge >= 0.3 is 5.76 Å². The number of aromatic amines is 1. The highest BCUT2D eigenvalue weighted by Crippen LogP contribution is 2.60. The fraction of sp³-hybridized carbons (Fsp3) is 0.296. The van der Waals surface area contributed by atoms with Crippen LogP contribution in [0.25, 0.3) is 11.4 Å². The molecule has 2 saturated carbocycles. The Labute approximate surface area is 191 Å². The lowest BCUT2D eigenvalue weighted by Crippen LogP contribution is -2.34. The smallest absolute Gasteiger partial charge is 0.439 e. The van der Waals surface area contributed by atoms with Gasteiger partial charge in [0, 0.05) is 17.2 Å². The summed E-state index contributed by atoms with van der Waals surface area (Å²) in [5.74, 6) is 2.20. The van der Waals surface area contributed by atoms with E-state index in [1.54, 1.807) is 6.20 Å². The molecule has 6 nitrogen and oxygen atoms in total. The molecule has 2 fully saturated rings. The van der Waals surface area contributed by atoms with Crippen molar-refractivity contribution in [3.8, 4) is 17.1 Å². The standard InChI is InChI=1S/C27H25N3O3/c31-26-29-25(30-33-26)19-5-8-20(9-6-19)27(16-18-4-7-22(27)15-18)21-10-12-24(13-11-21)32-17-23-3-1-2-14-28-23/h1-3,5-6,8-14,18,22H,4,7,15-17H2,(H,29,30,31). The molecule has 2 aromatic carbocycles. The zero-order valence-electron chi connectivity index (χ0n) is 18.2. The minimum atomic E-state index is -0.538. The highest BCUT2D eigenvalue weighted by molar-refractivity contribution is 5.56. The van der Waals surface area contributed by atoms with E-state index in [1.165, 1.54) is 36.8 Å². The van der Waals surface area contributed by atoms with E-state index in [1.807, 2.05) is 30.3 Å². The third-order valence-electron chi connectivity index (χ3n) is 7.44. The number of hydrogen-bond donors (Lipinski definition) is 1. The van der Waals surface area contributed by atoms with Gasteiger partial charge in [-0.05, 0) is 66.5 Å². The Morgan fingerprint density at radius 2 is 1.79 bits per heavy atom. The summed E-state index contributed by atoms with van der Waals surface area (Å²) < 4.78 is 10.6. The molecule has 0 spiro atoms. The molecule has 2 aliphatic rings. The second-order valence-corrected chi connectivity index (χ2v) is 9.21. The quantitative estimate of drug-likeness (QED) is 0.452. The predicted octanol–water partition coefficient (Wildman–Crippen LogP) is 5.11. The molecule has 1 N–H and O–H groups in total. The van der Waals surface area contributed by atoms with Crippen molar-refractivity contribution in [1.82, 2.24) is 15.1 Å². The molecule has 2 aliphatic carbocycles. The van der Waals surface area contributed by atoms with Gasteiger partial charge in [0.2, 0.25) is 0 Å². The van der Waals surface area contributed by atoms with Crippen LogP contribution in [-0.4, -0.2) is 15.1 Å². The highest BCUT2D eigenvalue weighted by atomic mass is 16.5. The summed E-state index contributed by atoms with van der Waals surface area (Å²) in [6.45, 7) is 0.460. The minimum absolute atomic E-state index is 0.0121. The molecular formula is C27H25N3O3. The third kappa shape index (κ3) is 3.55. The van der Waals surface area contributed by atoms with Crippen molar-refractivity contribution in [2.24, 2.45) is 11.8 Å². The van der Waals surface area contributed by atoms with Crippen LogP contribution in [0.15, 0.2) is 82.2 Å². The lowest BCUT2D eigenvalue weighted by Gasteiger charge is -2.39. The summed E-state index contributed by atoms with van der Waals surface area (Å²) in [4.78, 5) is 18.3. The Kier molecular flexibility index (Phi) is 4.86. The topological polar surface area (TPSA) is 81.0 Å². The third-order valence-corrected chi connectivity index (χ3v) is 7.44. The zero-order chi connectivity index (χ0) is 22.3. The number of nitrogens with one attached hydrogen (secondary N) is 1. The van der Waals surface area contributed by atoms with Gasteiger partial charge in [0.05, 0.1) is 5.69 Å². The van der Waals surface area contributed by atoms with Crippen LogP contribution < -0.4 is 10.5 Å². The van der Waals surface area contributed by atoms with Crippen LogP contribution in [0, 0.1) is 11.8 Å².